The Bertz CT molecular complexity index is 830. The van der Waals surface area contributed by atoms with Crippen molar-refractivity contribution in [2.24, 2.45) is 11.8 Å². The highest BCUT2D eigenvalue weighted by Gasteiger charge is 2.24. The van der Waals surface area contributed by atoms with Gasteiger partial charge in [0.05, 0.1) is 5.69 Å². The van der Waals surface area contributed by atoms with Crippen molar-refractivity contribution in [1.29, 1.82) is 0 Å². The zero-order chi connectivity index (χ0) is 18.8. The molecular weight excluding hydrogens is 334 g/mol. The van der Waals surface area contributed by atoms with Crippen LogP contribution in [0.5, 0.6) is 0 Å². The highest BCUT2D eigenvalue weighted by molar-refractivity contribution is 5.60. The van der Waals surface area contributed by atoms with Crippen LogP contribution in [0.1, 0.15) is 63.1 Å². The molecule has 0 radical (unpaired) electrons. The summed E-state index contributed by atoms with van der Waals surface area (Å²) in [5.41, 5.74) is 3.26. The topological polar surface area (TPSA) is 49.0 Å². The molecule has 0 atom stereocenters. The SMILES string of the molecule is CC(C)C1CCN(Cc2ccccc2-c2nc(C3CCC3)cc(=O)[nH]2)CC1. The van der Waals surface area contributed by atoms with Crippen molar-refractivity contribution in [2.45, 2.75) is 58.4 Å². The Labute approximate surface area is 162 Å². The third-order valence-electron chi connectivity index (χ3n) is 6.53. The molecule has 2 fully saturated rings. The first kappa shape index (κ1) is 18.4. The van der Waals surface area contributed by atoms with Crippen LogP contribution < -0.4 is 5.56 Å². The van der Waals surface area contributed by atoms with Crippen LogP contribution in [-0.2, 0) is 6.54 Å². The van der Waals surface area contributed by atoms with Crippen LogP contribution in [-0.4, -0.2) is 28.0 Å². The lowest BCUT2D eigenvalue weighted by molar-refractivity contribution is 0.152. The summed E-state index contributed by atoms with van der Waals surface area (Å²) >= 11 is 0. The zero-order valence-electron chi connectivity index (χ0n) is 16.6. The van der Waals surface area contributed by atoms with Crippen molar-refractivity contribution in [3.05, 3.63) is 51.9 Å². The van der Waals surface area contributed by atoms with E-state index in [4.69, 9.17) is 4.98 Å². The molecule has 1 aliphatic carbocycles. The van der Waals surface area contributed by atoms with E-state index in [0.717, 1.165) is 61.4 Å². The van der Waals surface area contributed by atoms with E-state index in [9.17, 15) is 4.79 Å². The van der Waals surface area contributed by atoms with Gasteiger partial charge in [0.15, 0.2) is 0 Å². The highest BCUT2D eigenvalue weighted by Crippen LogP contribution is 2.35. The van der Waals surface area contributed by atoms with Gasteiger partial charge in [0.2, 0.25) is 0 Å². The van der Waals surface area contributed by atoms with Gasteiger partial charge in [0, 0.05) is 24.1 Å². The second-order valence-electron chi connectivity index (χ2n) is 8.66. The minimum absolute atomic E-state index is 0.0329. The van der Waals surface area contributed by atoms with E-state index < -0.39 is 0 Å². The molecule has 1 aromatic carbocycles. The van der Waals surface area contributed by atoms with Crippen LogP contribution in [0.15, 0.2) is 35.1 Å². The fourth-order valence-electron chi connectivity index (χ4n) is 4.42. The molecular formula is C23H31N3O. The van der Waals surface area contributed by atoms with Crippen molar-refractivity contribution in [2.75, 3.05) is 13.1 Å². The first-order chi connectivity index (χ1) is 13.1. The second kappa shape index (κ2) is 7.97. The number of rotatable bonds is 5. The van der Waals surface area contributed by atoms with Gasteiger partial charge in [-0.15, -0.1) is 0 Å². The van der Waals surface area contributed by atoms with E-state index in [0.29, 0.717) is 5.92 Å². The minimum Gasteiger partial charge on any atom is -0.307 e. The van der Waals surface area contributed by atoms with Gasteiger partial charge >= 0.3 is 0 Å². The standard InChI is InChI=1S/C23H31N3O/c1-16(2)17-10-12-26(13-11-17)15-19-6-3-4-9-20(19)23-24-21(14-22(27)25-23)18-7-5-8-18/h3-4,6,9,14,16-18H,5,7-8,10-13,15H2,1-2H3,(H,24,25,27). The lowest BCUT2D eigenvalue weighted by Gasteiger charge is -2.34. The van der Waals surface area contributed by atoms with Gasteiger partial charge in [-0.05, 0) is 56.2 Å². The number of likely N-dealkylation sites (tertiary alicyclic amines) is 1. The molecule has 2 aromatic rings. The largest absolute Gasteiger partial charge is 0.307 e. The first-order valence-corrected chi connectivity index (χ1v) is 10.5. The Morgan fingerprint density at radius 2 is 1.89 bits per heavy atom. The molecule has 2 aliphatic rings. The van der Waals surface area contributed by atoms with E-state index >= 15 is 0 Å². The Morgan fingerprint density at radius 1 is 1.15 bits per heavy atom. The average Bonchev–Trinajstić information content (AvgIpc) is 2.61. The maximum absolute atomic E-state index is 12.2. The van der Waals surface area contributed by atoms with Gasteiger partial charge in [-0.2, -0.15) is 0 Å². The minimum atomic E-state index is -0.0329. The normalized spacial score (nSPS) is 19.4. The van der Waals surface area contributed by atoms with Crippen LogP contribution in [0.3, 0.4) is 0 Å². The summed E-state index contributed by atoms with van der Waals surface area (Å²) in [6, 6.07) is 10.1. The van der Waals surface area contributed by atoms with Crippen LogP contribution >= 0.6 is 0 Å². The molecule has 1 saturated carbocycles. The number of hydrogen-bond acceptors (Lipinski definition) is 3. The fourth-order valence-corrected chi connectivity index (χ4v) is 4.42. The van der Waals surface area contributed by atoms with Crippen LogP contribution in [0, 0.1) is 11.8 Å². The van der Waals surface area contributed by atoms with Crippen LogP contribution in [0.4, 0.5) is 0 Å². The highest BCUT2D eigenvalue weighted by atomic mass is 16.1. The van der Waals surface area contributed by atoms with Gasteiger partial charge < -0.3 is 4.98 Å². The molecule has 4 rings (SSSR count). The van der Waals surface area contributed by atoms with Crippen molar-refractivity contribution in [3.8, 4) is 11.4 Å². The maximum Gasteiger partial charge on any atom is 0.251 e. The van der Waals surface area contributed by atoms with E-state index in [1.54, 1.807) is 6.07 Å². The molecule has 0 amide bonds. The van der Waals surface area contributed by atoms with Gasteiger partial charge in [-0.1, -0.05) is 44.5 Å². The molecule has 0 unspecified atom stereocenters. The van der Waals surface area contributed by atoms with E-state index in [-0.39, 0.29) is 5.56 Å². The Hall–Kier alpha value is -1.94. The molecule has 1 N–H and O–H groups in total. The smallest absolute Gasteiger partial charge is 0.251 e. The monoisotopic (exact) mass is 365 g/mol. The Balaban J connectivity index is 1.55. The first-order valence-electron chi connectivity index (χ1n) is 10.5. The Kier molecular flexibility index (Phi) is 5.44. The summed E-state index contributed by atoms with van der Waals surface area (Å²) in [6.45, 7) is 7.92. The van der Waals surface area contributed by atoms with Gasteiger partial charge in [-0.25, -0.2) is 4.98 Å². The average molecular weight is 366 g/mol. The Morgan fingerprint density at radius 3 is 2.56 bits per heavy atom. The third-order valence-corrected chi connectivity index (χ3v) is 6.53. The molecule has 144 valence electrons. The molecule has 4 heteroatoms. The molecule has 1 aromatic heterocycles. The number of benzene rings is 1. The number of aromatic amines is 1. The second-order valence-corrected chi connectivity index (χ2v) is 8.66. The molecule has 4 nitrogen and oxygen atoms in total. The predicted octanol–water partition coefficient (Wildman–Crippen LogP) is 4.57. The number of aromatic nitrogens is 2. The van der Waals surface area contributed by atoms with Crippen LogP contribution in [0.2, 0.25) is 0 Å². The lowest BCUT2D eigenvalue weighted by Crippen LogP contribution is -2.34. The van der Waals surface area contributed by atoms with E-state index in [1.807, 2.05) is 6.07 Å². The summed E-state index contributed by atoms with van der Waals surface area (Å²) in [7, 11) is 0. The van der Waals surface area contributed by atoms with E-state index in [1.165, 1.54) is 24.8 Å². The number of nitrogens with zero attached hydrogens (tertiary/aromatic N) is 2. The fraction of sp³-hybridized carbons (Fsp3) is 0.565. The predicted molar refractivity (Wildman–Crippen MR) is 110 cm³/mol. The molecule has 2 heterocycles. The van der Waals surface area contributed by atoms with Crippen molar-refractivity contribution in [3.63, 3.8) is 0 Å². The van der Waals surface area contributed by atoms with Crippen molar-refractivity contribution >= 4 is 0 Å². The molecule has 27 heavy (non-hydrogen) atoms. The third kappa shape index (κ3) is 4.16. The van der Waals surface area contributed by atoms with Gasteiger partial charge in [0.1, 0.15) is 5.82 Å². The van der Waals surface area contributed by atoms with Crippen LogP contribution in [0.25, 0.3) is 11.4 Å². The lowest BCUT2D eigenvalue weighted by atomic mass is 9.83. The number of nitrogens with one attached hydrogen (secondary N) is 1. The quantitative estimate of drug-likeness (QED) is 0.844. The molecule has 1 aliphatic heterocycles. The summed E-state index contributed by atoms with van der Waals surface area (Å²) in [4.78, 5) is 22.6. The van der Waals surface area contributed by atoms with Gasteiger partial charge in [0.25, 0.3) is 5.56 Å². The zero-order valence-corrected chi connectivity index (χ0v) is 16.6. The number of H-pyrrole nitrogens is 1. The number of piperidine rings is 1. The van der Waals surface area contributed by atoms with Crippen molar-refractivity contribution in [1.82, 2.24) is 14.9 Å². The van der Waals surface area contributed by atoms with Crippen molar-refractivity contribution < 1.29 is 0 Å². The summed E-state index contributed by atoms with van der Waals surface area (Å²) < 4.78 is 0. The van der Waals surface area contributed by atoms with Gasteiger partial charge in [-0.3, -0.25) is 9.69 Å². The van der Waals surface area contributed by atoms with E-state index in [2.05, 4.69) is 41.9 Å². The summed E-state index contributed by atoms with van der Waals surface area (Å²) in [6.07, 6.45) is 6.13. The molecule has 0 bridgehead atoms. The summed E-state index contributed by atoms with van der Waals surface area (Å²) in [5, 5.41) is 0. The molecule has 1 saturated heterocycles. The maximum atomic E-state index is 12.2. The summed E-state index contributed by atoms with van der Waals surface area (Å²) in [5.74, 6) is 2.84. The number of hydrogen-bond donors (Lipinski definition) is 1. The molecule has 0 spiro atoms.